The molecule has 2 aliphatic rings. The molecule has 0 saturated carbocycles. The number of allylic oxidation sites excluding steroid dienone is 4. The molecule has 0 N–H and O–H groups in total. The summed E-state index contributed by atoms with van der Waals surface area (Å²) in [4.78, 5) is 0. The van der Waals surface area contributed by atoms with Gasteiger partial charge in [-0.2, -0.15) is 0 Å². The molecule has 1 atom stereocenters. The molecule has 0 radical (unpaired) electrons. The van der Waals surface area contributed by atoms with Crippen LogP contribution < -0.4 is 5.19 Å². The SMILES string of the molecule is CC1=C[C](C[Si](C)(C)c2ccccc2)([Ti]([CH2]c2ccccc2)([CH2]c2ccccc2)[CH2]c2ccccc2)C2=C1CCCC2. The van der Waals surface area contributed by atoms with E-state index in [0.29, 0.717) is 0 Å². The Kier molecular flexibility index (Phi) is 8.73. The fourth-order valence-corrected chi connectivity index (χ4v) is 24.8. The summed E-state index contributed by atoms with van der Waals surface area (Å²) in [6.07, 6.45) is 8.14. The van der Waals surface area contributed by atoms with E-state index in [4.69, 9.17) is 0 Å². The molecule has 214 valence electrons. The van der Waals surface area contributed by atoms with Crippen molar-refractivity contribution >= 4 is 13.3 Å². The number of hydrogen-bond acceptors (Lipinski definition) is 0. The van der Waals surface area contributed by atoms with Crippen molar-refractivity contribution in [3.8, 4) is 0 Å². The summed E-state index contributed by atoms with van der Waals surface area (Å²) in [5.41, 5.74) is 9.83. The summed E-state index contributed by atoms with van der Waals surface area (Å²) in [5, 5.41) is 1.61. The molecule has 0 amide bonds. The maximum atomic E-state index is 2.90. The number of benzene rings is 4. The van der Waals surface area contributed by atoms with Crippen LogP contribution in [0.3, 0.4) is 0 Å². The van der Waals surface area contributed by atoms with Gasteiger partial charge in [0.15, 0.2) is 0 Å². The molecule has 42 heavy (non-hydrogen) atoms. The summed E-state index contributed by atoms with van der Waals surface area (Å²) in [6, 6.07) is 47.6. The number of hydrogen-bond donors (Lipinski definition) is 0. The molecule has 0 nitrogen and oxygen atoms in total. The van der Waals surface area contributed by atoms with E-state index >= 15 is 0 Å². The van der Waals surface area contributed by atoms with E-state index in [9.17, 15) is 0 Å². The monoisotopic (exact) mass is 602 g/mol. The van der Waals surface area contributed by atoms with Crippen LogP contribution in [0, 0.1) is 0 Å². The first kappa shape index (κ1) is 29.4. The second-order valence-electron chi connectivity index (χ2n) is 13.7. The molecular weight excluding hydrogens is 556 g/mol. The van der Waals surface area contributed by atoms with Gasteiger partial charge in [0.1, 0.15) is 0 Å². The van der Waals surface area contributed by atoms with Gasteiger partial charge in [0.2, 0.25) is 0 Å². The van der Waals surface area contributed by atoms with E-state index in [2.05, 4.69) is 147 Å². The third-order valence-electron chi connectivity index (χ3n) is 10.3. The first-order valence-electron chi connectivity index (χ1n) is 16.0. The van der Waals surface area contributed by atoms with Gasteiger partial charge in [0, 0.05) is 0 Å². The first-order valence-corrected chi connectivity index (χ1v) is 23.3. The Morgan fingerprint density at radius 3 is 1.50 bits per heavy atom. The van der Waals surface area contributed by atoms with Crippen LogP contribution in [-0.4, -0.2) is 8.07 Å². The van der Waals surface area contributed by atoms with Crippen LogP contribution in [0.15, 0.2) is 144 Å². The zero-order valence-electron chi connectivity index (χ0n) is 25.8. The van der Waals surface area contributed by atoms with Gasteiger partial charge in [-0.25, -0.2) is 0 Å². The summed E-state index contributed by atoms with van der Waals surface area (Å²) >= 11 is -3.00. The molecule has 2 heteroatoms. The minimum absolute atomic E-state index is 0.187. The fourth-order valence-electron chi connectivity index (χ4n) is 8.50. The molecule has 0 bridgehead atoms. The zero-order valence-corrected chi connectivity index (χ0v) is 28.3. The predicted molar refractivity (Wildman–Crippen MR) is 181 cm³/mol. The van der Waals surface area contributed by atoms with Gasteiger partial charge in [0.05, 0.1) is 0 Å². The van der Waals surface area contributed by atoms with E-state index in [0.717, 1.165) is 0 Å². The van der Waals surface area contributed by atoms with Crippen molar-refractivity contribution in [3.05, 3.63) is 161 Å². The van der Waals surface area contributed by atoms with E-state index < -0.39 is 24.7 Å². The molecule has 2 aliphatic carbocycles. The van der Waals surface area contributed by atoms with Gasteiger partial charge in [-0.05, 0) is 0 Å². The Morgan fingerprint density at radius 1 is 0.595 bits per heavy atom. The summed E-state index contributed by atoms with van der Waals surface area (Å²) < 4.78 is 3.95. The molecule has 6 rings (SSSR count). The van der Waals surface area contributed by atoms with Gasteiger partial charge in [0.25, 0.3) is 0 Å². The minimum atomic E-state index is -3.00. The molecule has 0 saturated heterocycles. The van der Waals surface area contributed by atoms with Crippen molar-refractivity contribution in [2.45, 2.75) is 69.6 Å². The van der Waals surface area contributed by atoms with Crippen LogP contribution in [0.4, 0.5) is 0 Å². The van der Waals surface area contributed by atoms with Gasteiger partial charge < -0.3 is 0 Å². The summed E-state index contributed by atoms with van der Waals surface area (Å²) in [5.74, 6) is 0. The molecule has 4 aromatic rings. The van der Waals surface area contributed by atoms with Crippen molar-refractivity contribution in [1.29, 1.82) is 0 Å². The van der Waals surface area contributed by atoms with Crippen molar-refractivity contribution in [2.24, 2.45) is 0 Å². The number of rotatable bonds is 10. The third kappa shape index (κ3) is 5.89. The summed E-state index contributed by atoms with van der Waals surface area (Å²) in [7, 11) is -1.82. The van der Waals surface area contributed by atoms with Crippen LogP contribution in [0.1, 0.15) is 49.3 Å². The Bertz CT molecular complexity index is 1440. The molecule has 4 aromatic carbocycles. The van der Waals surface area contributed by atoms with Crippen molar-refractivity contribution in [2.75, 3.05) is 0 Å². The maximum absolute atomic E-state index is 3.00. The van der Waals surface area contributed by atoms with Crippen LogP contribution in [0.2, 0.25) is 22.9 Å². The normalized spacial score (nSPS) is 19.0. The predicted octanol–water partition coefficient (Wildman–Crippen LogP) is 10.3. The molecule has 0 spiro atoms. The van der Waals surface area contributed by atoms with Crippen molar-refractivity contribution in [1.82, 2.24) is 0 Å². The van der Waals surface area contributed by atoms with Crippen LogP contribution >= 0.6 is 0 Å². The van der Waals surface area contributed by atoms with E-state index in [1.54, 1.807) is 33.0 Å². The topological polar surface area (TPSA) is 0 Å². The Morgan fingerprint density at radius 2 is 1.02 bits per heavy atom. The van der Waals surface area contributed by atoms with Crippen LogP contribution in [-0.2, 0) is 30.8 Å². The van der Waals surface area contributed by atoms with E-state index in [-0.39, 0.29) is 3.72 Å². The van der Waals surface area contributed by atoms with Gasteiger partial charge in [-0.15, -0.1) is 0 Å². The Hall–Kier alpha value is -2.71. The first-order chi connectivity index (χ1) is 20.4. The van der Waals surface area contributed by atoms with E-state index in [1.807, 2.05) is 5.57 Å². The molecule has 0 aliphatic heterocycles. The quantitative estimate of drug-likeness (QED) is 0.158. The standard InChI is InChI=1S/C19H25Si.3C7H7.Ti/c1-15-13-16(19-12-8-7-11-18(15)19)14-20(2,3)17-9-5-4-6-10-17;3*1-7-5-3-2-4-6-7;/h4-6,9-10,13H,7-8,11-12,14H2,1-3H3;3*2-6H,1H2;. The van der Waals surface area contributed by atoms with Crippen LogP contribution in [0.5, 0.6) is 0 Å². The third-order valence-corrected chi connectivity index (χ3v) is 23.2. The zero-order chi connectivity index (χ0) is 29.0. The average Bonchev–Trinajstić information content (AvgIpc) is 3.31. The van der Waals surface area contributed by atoms with Crippen molar-refractivity contribution in [3.63, 3.8) is 0 Å². The Balaban J connectivity index is 1.63. The average molecular weight is 603 g/mol. The second-order valence-corrected chi connectivity index (χ2v) is 25.4. The van der Waals surface area contributed by atoms with Crippen LogP contribution in [0.25, 0.3) is 0 Å². The molecule has 0 heterocycles. The summed E-state index contributed by atoms with van der Waals surface area (Å²) in [6.45, 7) is 7.78. The molecule has 0 fully saturated rings. The molecule has 1 unspecified atom stereocenters. The van der Waals surface area contributed by atoms with Gasteiger partial charge in [-0.1, -0.05) is 0 Å². The molecule has 0 aromatic heterocycles. The van der Waals surface area contributed by atoms with E-state index in [1.165, 1.54) is 45.9 Å². The molecular formula is C40H46SiTi. The second kappa shape index (κ2) is 12.5. The fraction of sp³-hybridized carbons (Fsp3) is 0.300. The van der Waals surface area contributed by atoms with Gasteiger partial charge >= 0.3 is 260 Å². The van der Waals surface area contributed by atoms with Crippen molar-refractivity contribution < 1.29 is 16.6 Å². The van der Waals surface area contributed by atoms with Gasteiger partial charge in [-0.3, -0.25) is 0 Å². The Labute approximate surface area is 259 Å².